The average Bonchev–Trinajstić information content (AvgIpc) is 3.69. The summed E-state index contributed by atoms with van der Waals surface area (Å²) in [5, 5.41) is 2.01. The molecule has 0 fully saturated rings. The molecule has 0 bridgehead atoms. The van der Waals surface area contributed by atoms with Gasteiger partial charge in [0.25, 0.3) is 11.4 Å². The van der Waals surface area contributed by atoms with Gasteiger partial charge in [-0.3, -0.25) is 9.55 Å². The maximum absolute atomic E-state index is 8.84. The van der Waals surface area contributed by atoms with E-state index in [1.54, 1.807) is 16.8 Å². The van der Waals surface area contributed by atoms with E-state index in [2.05, 4.69) is 63.2 Å². The number of nitrogens with zero attached hydrogens (tertiary/aromatic N) is 5. The van der Waals surface area contributed by atoms with E-state index < -0.39 is 36.6 Å². The second-order valence-electron chi connectivity index (χ2n) is 14.6. The molecule has 50 heavy (non-hydrogen) atoms. The van der Waals surface area contributed by atoms with Crippen LogP contribution in [0.1, 0.15) is 67.8 Å². The predicted octanol–water partition coefficient (Wildman–Crippen LogP) is 11.1. The number of ether oxygens (including phenoxy) is 1. The summed E-state index contributed by atoms with van der Waals surface area (Å²) < 4.78 is 70.5. The fraction of sp³-hybridized carbons (Fsp3) is 0.205. The number of pyridine rings is 2. The number of hydrogen-bond acceptors (Lipinski definition) is 3. The Labute approximate surface area is 303 Å². The molecule has 6 heteroatoms. The monoisotopic (exact) mass is 662 g/mol. The van der Waals surface area contributed by atoms with Gasteiger partial charge in [-0.2, -0.15) is 0 Å². The first-order chi connectivity index (χ1) is 26.8. The van der Waals surface area contributed by atoms with Crippen molar-refractivity contribution in [1.29, 1.82) is 0 Å². The molecule has 0 atom stereocenters. The highest BCUT2D eigenvalue weighted by Gasteiger charge is 2.37. The molecule has 8 rings (SSSR count). The first kappa shape index (κ1) is 24.3. The third-order valence-corrected chi connectivity index (χ3v) is 9.03. The van der Waals surface area contributed by atoms with Crippen LogP contribution in [0.25, 0.3) is 27.6 Å². The fourth-order valence-corrected chi connectivity index (χ4v) is 6.34. The zero-order valence-electron chi connectivity index (χ0n) is 35.9. The molecule has 0 aliphatic carbocycles. The van der Waals surface area contributed by atoms with E-state index in [1.165, 1.54) is 4.58 Å². The van der Waals surface area contributed by atoms with Crippen LogP contribution >= 0.6 is 0 Å². The summed E-state index contributed by atoms with van der Waals surface area (Å²) in [6, 6.07) is 26.6. The van der Waals surface area contributed by atoms with Gasteiger partial charge in [0.1, 0.15) is 17.3 Å². The summed E-state index contributed by atoms with van der Waals surface area (Å²) in [5.74, 6) is 1.97. The molecule has 4 aromatic carbocycles. The zero-order chi connectivity index (χ0) is 40.8. The lowest BCUT2D eigenvalue weighted by Crippen LogP contribution is -2.12. The number of hydrogen-bond donors (Lipinski definition) is 0. The highest BCUT2D eigenvalue weighted by molar-refractivity contribution is 6.09. The minimum atomic E-state index is -2.82. The SMILES string of the molecule is [2H]c1c([2H])c(C([2H])([2H])[2H])c([2H])c([2H])c1[N+]1=C=[N+](c2cc(Oc3ccc4c5cnccc5n(-c5cc(C(C)(C)C)ccn5)c4c3)cc(C(C)(C)C)c2)c2ccccc21. The summed E-state index contributed by atoms with van der Waals surface area (Å²) in [4.78, 5) is 9.23. The third kappa shape index (κ3) is 5.58. The minimum Gasteiger partial charge on any atom is -0.457 e. The lowest BCUT2D eigenvalue weighted by molar-refractivity contribution is 0.479. The molecule has 1 aliphatic heterocycles. The van der Waals surface area contributed by atoms with Gasteiger partial charge in [0.05, 0.1) is 22.6 Å². The van der Waals surface area contributed by atoms with Crippen molar-refractivity contribution < 1.29 is 14.3 Å². The Hall–Kier alpha value is -5.84. The molecule has 0 saturated carbocycles. The molecule has 1 aliphatic rings. The van der Waals surface area contributed by atoms with Crippen molar-refractivity contribution in [2.75, 3.05) is 0 Å². The smallest absolute Gasteiger partial charge is 0.457 e. The van der Waals surface area contributed by atoms with Crippen LogP contribution < -0.4 is 13.9 Å². The molecule has 4 heterocycles. The molecule has 3 aromatic heterocycles. The van der Waals surface area contributed by atoms with E-state index >= 15 is 0 Å². The van der Waals surface area contributed by atoms with Crippen LogP contribution in [0.3, 0.4) is 0 Å². The maximum atomic E-state index is 8.84. The van der Waals surface area contributed by atoms with E-state index in [4.69, 9.17) is 19.3 Å². The van der Waals surface area contributed by atoms with Crippen LogP contribution in [0.5, 0.6) is 11.5 Å². The Balaban J connectivity index is 1.29. The van der Waals surface area contributed by atoms with Gasteiger partial charge >= 0.3 is 6.01 Å². The van der Waals surface area contributed by atoms with Crippen LogP contribution in [0.2, 0.25) is 0 Å². The summed E-state index contributed by atoms with van der Waals surface area (Å²) >= 11 is 0. The Bertz CT molecular complexity index is 2850. The van der Waals surface area contributed by atoms with Crippen molar-refractivity contribution in [3.05, 3.63) is 138 Å². The van der Waals surface area contributed by atoms with Crippen LogP contribution in [0, 0.1) is 6.85 Å². The van der Waals surface area contributed by atoms with Crippen LogP contribution in [0.4, 0.5) is 22.7 Å². The van der Waals surface area contributed by atoms with E-state index in [9.17, 15) is 0 Å². The van der Waals surface area contributed by atoms with Crippen molar-refractivity contribution in [3.63, 3.8) is 0 Å². The molecule has 246 valence electrons. The summed E-state index contributed by atoms with van der Waals surface area (Å²) in [5.41, 5.74) is 4.86. The Morgan fingerprint density at radius 1 is 0.700 bits per heavy atom. The van der Waals surface area contributed by atoms with Crippen molar-refractivity contribution in [2.45, 2.75) is 59.2 Å². The van der Waals surface area contributed by atoms with Gasteiger partial charge in [-0.25, -0.2) is 4.98 Å². The molecule has 7 aromatic rings. The van der Waals surface area contributed by atoms with Gasteiger partial charge < -0.3 is 4.74 Å². The summed E-state index contributed by atoms with van der Waals surface area (Å²) in [7, 11) is 0. The summed E-state index contributed by atoms with van der Waals surface area (Å²) in [6.07, 6.45) is 5.50. The average molecular weight is 663 g/mol. The normalized spacial score (nSPS) is 15.3. The maximum Gasteiger partial charge on any atom is 0.503 e. The van der Waals surface area contributed by atoms with Gasteiger partial charge in [0.15, 0.2) is 0 Å². The van der Waals surface area contributed by atoms with Crippen molar-refractivity contribution in [3.8, 4) is 17.3 Å². The summed E-state index contributed by atoms with van der Waals surface area (Å²) in [6.45, 7) is 10.1. The quantitative estimate of drug-likeness (QED) is 0.172. The van der Waals surface area contributed by atoms with E-state index in [0.29, 0.717) is 28.6 Å². The van der Waals surface area contributed by atoms with E-state index in [0.717, 1.165) is 38.8 Å². The van der Waals surface area contributed by atoms with Crippen molar-refractivity contribution >= 4 is 50.6 Å². The van der Waals surface area contributed by atoms with Gasteiger partial charge in [0, 0.05) is 69.8 Å². The highest BCUT2D eigenvalue weighted by Crippen LogP contribution is 2.40. The molecular weight excluding hydrogens is 615 g/mol. The van der Waals surface area contributed by atoms with Crippen LogP contribution in [0.15, 0.2) is 122 Å². The molecule has 0 amide bonds. The van der Waals surface area contributed by atoms with Gasteiger partial charge in [-0.05, 0) is 74.4 Å². The van der Waals surface area contributed by atoms with E-state index in [1.807, 2.05) is 79.1 Å². The third-order valence-electron chi connectivity index (χ3n) is 9.03. The van der Waals surface area contributed by atoms with Gasteiger partial charge in [0.2, 0.25) is 11.4 Å². The molecular formula is C44H41N5O+2. The molecule has 0 radical (unpaired) electrons. The number of aromatic nitrogens is 3. The molecule has 0 spiro atoms. The lowest BCUT2D eigenvalue weighted by atomic mass is 9.86. The van der Waals surface area contributed by atoms with E-state index in [-0.39, 0.29) is 16.5 Å². The predicted molar refractivity (Wildman–Crippen MR) is 206 cm³/mol. The minimum absolute atomic E-state index is 0.0732. The molecule has 0 saturated heterocycles. The van der Waals surface area contributed by atoms with Crippen LogP contribution in [-0.4, -0.2) is 20.5 Å². The second-order valence-corrected chi connectivity index (χ2v) is 14.6. The Morgan fingerprint density at radius 3 is 2.16 bits per heavy atom. The highest BCUT2D eigenvalue weighted by atomic mass is 16.5. The topological polar surface area (TPSA) is 46.0 Å². The first-order valence-electron chi connectivity index (χ1n) is 20.1. The molecule has 6 nitrogen and oxygen atoms in total. The first-order valence-corrected chi connectivity index (χ1v) is 16.6. The van der Waals surface area contributed by atoms with Gasteiger partial charge in [-0.15, -0.1) is 0 Å². The zero-order valence-corrected chi connectivity index (χ0v) is 28.9. The van der Waals surface area contributed by atoms with Crippen molar-refractivity contribution in [2.24, 2.45) is 0 Å². The number of fused-ring (bicyclic) bond motifs is 4. The Kier molecular flexibility index (Phi) is 5.66. The van der Waals surface area contributed by atoms with Crippen molar-refractivity contribution in [1.82, 2.24) is 23.7 Å². The second kappa shape index (κ2) is 11.6. The number of benzene rings is 4. The lowest BCUT2D eigenvalue weighted by Gasteiger charge is -2.20. The largest absolute Gasteiger partial charge is 0.503 e. The number of rotatable bonds is 5. The molecule has 0 unspecified atom stereocenters. The van der Waals surface area contributed by atoms with Crippen LogP contribution in [-0.2, 0) is 10.8 Å². The Morgan fingerprint density at radius 2 is 1.44 bits per heavy atom. The number of para-hydroxylation sites is 2. The van der Waals surface area contributed by atoms with Gasteiger partial charge in [-0.1, -0.05) is 71.3 Å². The molecule has 0 N–H and O–H groups in total. The standard InChI is InChI=1S/C44H41N5O/c1-29-12-14-32(15-13-29)47-28-48(40-11-9-8-10-39(40)47)33-22-31(44(5,6)7)23-35(25-33)50-34-16-17-36-37-27-45-20-19-38(37)49(41(36)26-34)42-24-30(18-21-46-42)43(2,3)4/h8-27H,1-7H3/q+2/i1D3,12D,13D,14D,15D. The fourth-order valence-electron chi connectivity index (χ4n) is 6.34.